The maximum absolute atomic E-state index is 14.0. The minimum Gasteiger partial charge on any atom is -0.318 e. The standard InChI is InChI=1S/C15H16F2N2O/c1-8-6-12(8)19-13(18-15(4-5-15)14(19)20)10-3-2-9(16)7-11(10)17/h2-3,7-8,12-13,18H,4-6H2,1H3. The first-order valence-electron chi connectivity index (χ1n) is 7.07. The Morgan fingerprint density at radius 3 is 2.60 bits per heavy atom. The highest BCUT2D eigenvalue weighted by atomic mass is 19.1. The third-order valence-corrected chi connectivity index (χ3v) is 4.77. The maximum Gasteiger partial charge on any atom is 0.244 e. The van der Waals surface area contributed by atoms with Gasteiger partial charge in [-0.3, -0.25) is 10.1 Å². The Hall–Kier alpha value is -1.49. The number of amides is 1. The molecule has 0 aromatic heterocycles. The van der Waals surface area contributed by atoms with Gasteiger partial charge in [-0.1, -0.05) is 6.92 Å². The molecule has 1 heterocycles. The van der Waals surface area contributed by atoms with Crippen LogP contribution in [-0.2, 0) is 4.79 Å². The molecule has 0 bridgehead atoms. The molecule has 1 spiro atoms. The maximum atomic E-state index is 14.0. The van der Waals surface area contributed by atoms with E-state index < -0.39 is 23.3 Å². The number of rotatable bonds is 2. The lowest BCUT2D eigenvalue weighted by Crippen LogP contribution is -2.34. The molecule has 3 atom stereocenters. The lowest BCUT2D eigenvalue weighted by Gasteiger charge is -2.25. The summed E-state index contributed by atoms with van der Waals surface area (Å²) in [6, 6.07) is 3.76. The molecule has 2 saturated carbocycles. The number of carbonyl (C=O) groups excluding carboxylic acids is 1. The third kappa shape index (κ3) is 1.62. The van der Waals surface area contributed by atoms with Crippen LogP contribution in [0, 0.1) is 17.6 Å². The van der Waals surface area contributed by atoms with E-state index in [4.69, 9.17) is 0 Å². The Labute approximate surface area is 116 Å². The van der Waals surface area contributed by atoms with E-state index in [0.717, 1.165) is 25.3 Å². The second kappa shape index (κ2) is 3.79. The molecule has 3 fully saturated rings. The Morgan fingerprint density at radius 2 is 2.05 bits per heavy atom. The largest absolute Gasteiger partial charge is 0.318 e. The van der Waals surface area contributed by atoms with Crippen LogP contribution in [0.15, 0.2) is 18.2 Å². The van der Waals surface area contributed by atoms with Gasteiger partial charge in [0.25, 0.3) is 0 Å². The molecule has 2 aliphatic carbocycles. The van der Waals surface area contributed by atoms with E-state index in [-0.39, 0.29) is 11.9 Å². The molecular weight excluding hydrogens is 262 g/mol. The van der Waals surface area contributed by atoms with Crippen LogP contribution in [0.25, 0.3) is 0 Å². The fraction of sp³-hybridized carbons (Fsp3) is 0.533. The number of nitrogens with one attached hydrogen (secondary N) is 1. The van der Waals surface area contributed by atoms with Gasteiger partial charge in [-0.2, -0.15) is 0 Å². The lowest BCUT2D eigenvalue weighted by atomic mass is 10.1. The molecule has 4 rings (SSSR count). The number of hydrogen-bond donors (Lipinski definition) is 1. The first-order valence-corrected chi connectivity index (χ1v) is 7.07. The molecule has 3 nitrogen and oxygen atoms in total. The second-order valence-corrected chi connectivity index (χ2v) is 6.29. The van der Waals surface area contributed by atoms with E-state index >= 15 is 0 Å². The van der Waals surface area contributed by atoms with Crippen molar-refractivity contribution in [1.82, 2.24) is 10.2 Å². The molecule has 106 valence electrons. The molecule has 1 aromatic rings. The van der Waals surface area contributed by atoms with E-state index in [1.54, 1.807) is 4.90 Å². The highest BCUT2D eigenvalue weighted by molar-refractivity contribution is 5.92. The molecule has 20 heavy (non-hydrogen) atoms. The quantitative estimate of drug-likeness (QED) is 0.900. The fourth-order valence-corrected chi connectivity index (χ4v) is 3.22. The minimum atomic E-state index is -0.594. The molecule has 0 radical (unpaired) electrons. The van der Waals surface area contributed by atoms with Crippen LogP contribution in [0.2, 0.25) is 0 Å². The fourth-order valence-electron chi connectivity index (χ4n) is 3.22. The van der Waals surface area contributed by atoms with Gasteiger partial charge in [-0.15, -0.1) is 0 Å². The zero-order valence-corrected chi connectivity index (χ0v) is 11.2. The summed E-state index contributed by atoms with van der Waals surface area (Å²) in [6.45, 7) is 2.09. The van der Waals surface area contributed by atoms with E-state index in [1.807, 2.05) is 0 Å². The summed E-state index contributed by atoms with van der Waals surface area (Å²) in [7, 11) is 0. The summed E-state index contributed by atoms with van der Waals surface area (Å²) in [5.41, 5.74) is -0.115. The zero-order valence-electron chi connectivity index (χ0n) is 11.2. The van der Waals surface area contributed by atoms with Gasteiger partial charge in [0.1, 0.15) is 23.3 Å². The number of halogens is 2. The number of nitrogens with zero attached hydrogens (tertiary/aromatic N) is 1. The van der Waals surface area contributed by atoms with Crippen molar-refractivity contribution in [2.45, 2.75) is 43.9 Å². The van der Waals surface area contributed by atoms with Crippen molar-refractivity contribution in [3.8, 4) is 0 Å². The molecule has 1 aliphatic heterocycles. The summed E-state index contributed by atoms with van der Waals surface area (Å²) in [4.78, 5) is 14.3. The molecule has 1 amide bonds. The summed E-state index contributed by atoms with van der Waals surface area (Å²) in [6.07, 6.45) is 2.12. The number of hydrogen-bond acceptors (Lipinski definition) is 2. The predicted molar refractivity (Wildman–Crippen MR) is 68.6 cm³/mol. The Bertz CT molecular complexity index is 600. The van der Waals surface area contributed by atoms with Crippen LogP contribution in [-0.4, -0.2) is 22.4 Å². The lowest BCUT2D eigenvalue weighted by molar-refractivity contribution is -0.131. The van der Waals surface area contributed by atoms with Crippen molar-refractivity contribution in [1.29, 1.82) is 0 Å². The molecule has 3 unspecified atom stereocenters. The highest BCUT2D eigenvalue weighted by Crippen LogP contribution is 2.51. The predicted octanol–water partition coefficient (Wildman–Crippen LogP) is 2.34. The number of benzene rings is 1. The van der Waals surface area contributed by atoms with Crippen LogP contribution in [0.4, 0.5) is 8.78 Å². The molecule has 3 aliphatic rings. The van der Waals surface area contributed by atoms with Crippen molar-refractivity contribution < 1.29 is 13.6 Å². The normalized spacial score (nSPS) is 33.9. The van der Waals surface area contributed by atoms with Gasteiger partial charge < -0.3 is 4.90 Å². The van der Waals surface area contributed by atoms with Crippen LogP contribution >= 0.6 is 0 Å². The topological polar surface area (TPSA) is 32.3 Å². The third-order valence-electron chi connectivity index (χ3n) is 4.77. The summed E-state index contributed by atoms with van der Waals surface area (Å²) >= 11 is 0. The van der Waals surface area contributed by atoms with Crippen molar-refractivity contribution in [3.63, 3.8) is 0 Å². The molecular formula is C15H16F2N2O. The Morgan fingerprint density at radius 1 is 1.35 bits per heavy atom. The van der Waals surface area contributed by atoms with Crippen LogP contribution in [0.3, 0.4) is 0 Å². The first-order chi connectivity index (χ1) is 9.52. The average molecular weight is 278 g/mol. The minimum absolute atomic E-state index is 0.0839. The van der Waals surface area contributed by atoms with Crippen molar-refractivity contribution >= 4 is 5.91 Å². The monoisotopic (exact) mass is 278 g/mol. The summed E-state index contributed by atoms with van der Waals surface area (Å²) in [5.74, 6) is -0.643. The van der Waals surface area contributed by atoms with Crippen molar-refractivity contribution in [2.24, 2.45) is 5.92 Å². The van der Waals surface area contributed by atoms with E-state index in [2.05, 4.69) is 12.2 Å². The Balaban J connectivity index is 1.73. The van der Waals surface area contributed by atoms with E-state index in [1.165, 1.54) is 12.1 Å². The van der Waals surface area contributed by atoms with Crippen molar-refractivity contribution in [2.75, 3.05) is 0 Å². The van der Waals surface area contributed by atoms with Gasteiger partial charge in [0.15, 0.2) is 0 Å². The summed E-state index contributed by atoms with van der Waals surface area (Å²) in [5, 5.41) is 3.27. The summed E-state index contributed by atoms with van der Waals surface area (Å²) < 4.78 is 27.1. The SMILES string of the molecule is CC1CC1N1C(=O)C2(CC2)NC1c1ccc(F)cc1F. The molecule has 1 aromatic carbocycles. The van der Waals surface area contributed by atoms with E-state index in [0.29, 0.717) is 11.5 Å². The van der Waals surface area contributed by atoms with Gasteiger partial charge in [0.2, 0.25) is 5.91 Å². The van der Waals surface area contributed by atoms with Crippen LogP contribution in [0.5, 0.6) is 0 Å². The highest BCUT2D eigenvalue weighted by Gasteiger charge is 2.63. The molecule has 1 N–H and O–H groups in total. The first kappa shape index (κ1) is 12.3. The van der Waals surface area contributed by atoms with Crippen LogP contribution in [0.1, 0.15) is 37.9 Å². The molecule has 1 saturated heterocycles. The second-order valence-electron chi connectivity index (χ2n) is 6.29. The Kier molecular flexibility index (Phi) is 2.32. The number of carbonyl (C=O) groups is 1. The zero-order chi connectivity index (χ0) is 14.1. The smallest absolute Gasteiger partial charge is 0.244 e. The van der Waals surface area contributed by atoms with Crippen LogP contribution < -0.4 is 5.32 Å². The van der Waals surface area contributed by atoms with E-state index in [9.17, 15) is 13.6 Å². The average Bonchev–Trinajstić information content (AvgIpc) is 3.27. The van der Waals surface area contributed by atoms with Gasteiger partial charge >= 0.3 is 0 Å². The van der Waals surface area contributed by atoms with Gasteiger partial charge in [0, 0.05) is 17.7 Å². The molecule has 5 heteroatoms. The van der Waals surface area contributed by atoms with Gasteiger partial charge in [-0.25, -0.2) is 8.78 Å². The van der Waals surface area contributed by atoms with Gasteiger partial charge in [0.05, 0.1) is 0 Å². The van der Waals surface area contributed by atoms with Gasteiger partial charge in [-0.05, 0) is 37.3 Å². The van der Waals surface area contributed by atoms with Crippen molar-refractivity contribution in [3.05, 3.63) is 35.4 Å².